The highest BCUT2D eigenvalue weighted by Crippen LogP contribution is 2.25. The molecule has 118 valence electrons. The quantitative estimate of drug-likeness (QED) is 0.532. The standard InChI is InChI=1S/C20H17N3S/c1-3-7-16(8-4-1)11-12-17-15-23-19(21-17)13-14-20(22-23)24-18-9-5-2-6-10-18/h1-10,13-15H,11-12H2. The van der Waals surface area contributed by atoms with E-state index >= 15 is 0 Å². The van der Waals surface area contributed by atoms with Crippen LogP contribution < -0.4 is 0 Å². The molecule has 4 aromatic rings. The normalized spacial score (nSPS) is 11.0. The Balaban J connectivity index is 1.51. The summed E-state index contributed by atoms with van der Waals surface area (Å²) in [4.78, 5) is 5.86. The Hall–Kier alpha value is -2.59. The third-order valence-corrected chi connectivity index (χ3v) is 4.76. The molecular weight excluding hydrogens is 314 g/mol. The fourth-order valence-corrected chi connectivity index (χ4v) is 3.41. The predicted molar refractivity (Wildman–Crippen MR) is 97.4 cm³/mol. The van der Waals surface area contributed by atoms with Crippen LogP contribution in [0, 0.1) is 0 Å². The zero-order valence-electron chi connectivity index (χ0n) is 13.2. The number of nitrogens with zero attached hydrogens (tertiary/aromatic N) is 3. The Labute approximate surface area is 145 Å². The summed E-state index contributed by atoms with van der Waals surface area (Å²) in [6, 6.07) is 24.9. The topological polar surface area (TPSA) is 30.2 Å². The fraction of sp³-hybridized carbons (Fsp3) is 0.100. The number of fused-ring (bicyclic) bond motifs is 1. The van der Waals surface area contributed by atoms with E-state index in [1.165, 1.54) is 10.5 Å². The fourth-order valence-electron chi connectivity index (χ4n) is 2.61. The number of aryl methyl sites for hydroxylation is 2. The van der Waals surface area contributed by atoms with Gasteiger partial charge >= 0.3 is 0 Å². The van der Waals surface area contributed by atoms with Crippen molar-refractivity contribution in [2.24, 2.45) is 0 Å². The van der Waals surface area contributed by atoms with Crippen LogP contribution in [0.5, 0.6) is 0 Å². The Morgan fingerprint density at radius 3 is 2.33 bits per heavy atom. The highest BCUT2D eigenvalue weighted by molar-refractivity contribution is 7.99. The SMILES string of the molecule is c1ccc(CCc2cn3nc(Sc4ccccc4)ccc3n2)cc1. The van der Waals surface area contributed by atoms with E-state index < -0.39 is 0 Å². The van der Waals surface area contributed by atoms with Gasteiger partial charge in [-0.15, -0.1) is 0 Å². The van der Waals surface area contributed by atoms with E-state index in [9.17, 15) is 0 Å². The minimum absolute atomic E-state index is 0.899. The lowest BCUT2D eigenvalue weighted by atomic mass is 10.1. The van der Waals surface area contributed by atoms with E-state index in [0.29, 0.717) is 0 Å². The van der Waals surface area contributed by atoms with Gasteiger partial charge in [0.25, 0.3) is 0 Å². The molecule has 0 atom stereocenters. The van der Waals surface area contributed by atoms with Gasteiger partial charge in [-0.2, -0.15) is 5.10 Å². The first kappa shape index (κ1) is 15.0. The lowest BCUT2D eigenvalue weighted by Gasteiger charge is -2.00. The summed E-state index contributed by atoms with van der Waals surface area (Å²) in [5.74, 6) is 0. The summed E-state index contributed by atoms with van der Waals surface area (Å²) in [5.41, 5.74) is 3.31. The minimum atomic E-state index is 0.899. The van der Waals surface area contributed by atoms with Crippen LogP contribution in [0.4, 0.5) is 0 Å². The van der Waals surface area contributed by atoms with Crippen molar-refractivity contribution < 1.29 is 0 Å². The second-order valence-corrected chi connectivity index (χ2v) is 6.70. The predicted octanol–water partition coefficient (Wildman–Crippen LogP) is 4.67. The average Bonchev–Trinajstić information content (AvgIpc) is 3.04. The summed E-state index contributed by atoms with van der Waals surface area (Å²) in [7, 11) is 0. The maximum absolute atomic E-state index is 4.67. The smallest absolute Gasteiger partial charge is 0.153 e. The maximum Gasteiger partial charge on any atom is 0.153 e. The molecule has 0 aliphatic heterocycles. The zero-order valence-corrected chi connectivity index (χ0v) is 14.0. The van der Waals surface area contributed by atoms with E-state index in [-0.39, 0.29) is 0 Å². The molecule has 0 N–H and O–H groups in total. The molecule has 4 rings (SSSR count). The van der Waals surface area contributed by atoms with E-state index in [1.807, 2.05) is 47.1 Å². The van der Waals surface area contributed by atoms with Crippen LogP contribution in [0.25, 0.3) is 5.65 Å². The molecule has 0 bridgehead atoms. The summed E-state index contributed by atoms with van der Waals surface area (Å²) >= 11 is 1.66. The molecule has 0 fully saturated rings. The molecule has 3 nitrogen and oxygen atoms in total. The molecular formula is C20H17N3S. The van der Waals surface area contributed by atoms with E-state index in [1.54, 1.807) is 11.8 Å². The lowest BCUT2D eigenvalue weighted by molar-refractivity contribution is 0.853. The second kappa shape index (κ2) is 6.89. The van der Waals surface area contributed by atoms with Gasteiger partial charge in [-0.05, 0) is 42.7 Å². The molecule has 2 heterocycles. The van der Waals surface area contributed by atoms with Gasteiger partial charge in [0.05, 0.1) is 11.9 Å². The highest BCUT2D eigenvalue weighted by Gasteiger charge is 2.05. The number of hydrogen-bond acceptors (Lipinski definition) is 3. The highest BCUT2D eigenvalue weighted by atomic mass is 32.2. The van der Waals surface area contributed by atoms with Crippen LogP contribution in [0.3, 0.4) is 0 Å². The van der Waals surface area contributed by atoms with Crippen LogP contribution in [0.2, 0.25) is 0 Å². The van der Waals surface area contributed by atoms with Crippen molar-refractivity contribution in [3.05, 3.63) is 90.3 Å². The van der Waals surface area contributed by atoms with Crippen LogP contribution in [-0.2, 0) is 12.8 Å². The van der Waals surface area contributed by atoms with Crippen LogP contribution in [-0.4, -0.2) is 14.6 Å². The van der Waals surface area contributed by atoms with Crippen molar-refractivity contribution in [1.82, 2.24) is 14.6 Å². The Kier molecular flexibility index (Phi) is 4.30. The number of rotatable bonds is 5. The molecule has 0 saturated heterocycles. The van der Waals surface area contributed by atoms with Crippen molar-refractivity contribution in [2.45, 2.75) is 22.8 Å². The van der Waals surface area contributed by atoms with Crippen LogP contribution in [0.15, 0.2) is 88.9 Å². The molecule has 24 heavy (non-hydrogen) atoms. The molecule has 2 aromatic carbocycles. The summed E-state index contributed by atoms with van der Waals surface area (Å²) in [5, 5.41) is 5.64. The molecule has 4 heteroatoms. The number of hydrogen-bond donors (Lipinski definition) is 0. The van der Waals surface area contributed by atoms with Crippen molar-refractivity contribution in [2.75, 3.05) is 0 Å². The van der Waals surface area contributed by atoms with Gasteiger partial charge < -0.3 is 0 Å². The molecule has 0 aliphatic carbocycles. The number of benzene rings is 2. The van der Waals surface area contributed by atoms with Crippen molar-refractivity contribution in [3.8, 4) is 0 Å². The van der Waals surface area contributed by atoms with Crippen LogP contribution in [0.1, 0.15) is 11.3 Å². The number of aromatic nitrogens is 3. The van der Waals surface area contributed by atoms with Crippen molar-refractivity contribution >= 4 is 17.4 Å². The molecule has 0 aliphatic rings. The largest absolute Gasteiger partial charge is 0.232 e. The van der Waals surface area contributed by atoms with E-state index in [2.05, 4.69) is 46.5 Å². The van der Waals surface area contributed by atoms with Gasteiger partial charge in [0, 0.05) is 4.90 Å². The molecule has 0 radical (unpaired) electrons. The molecule has 0 unspecified atom stereocenters. The molecule has 0 saturated carbocycles. The Bertz CT molecular complexity index is 933. The first-order valence-electron chi connectivity index (χ1n) is 7.99. The summed E-state index contributed by atoms with van der Waals surface area (Å²) in [6.07, 6.45) is 3.96. The first-order valence-corrected chi connectivity index (χ1v) is 8.81. The van der Waals surface area contributed by atoms with Crippen molar-refractivity contribution in [3.63, 3.8) is 0 Å². The second-order valence-electron chi connectivity index (χ2n) is 5.61. The van der Waals surface area contributed by atoms with E-state index in [0.717, 1.165) is 29.2 Å². The van der Waals surface area contributed by atoms with Crippen LogP contribution >= 0.6 is 11.8 Å². The zero-order chi connectivity index (χ0) is 16.2. The maximum atomic E-state index is 4.67. The van der Waals surface area contributed by atoms with Gasteiger partial charge in [-0.3, -0.25) is 0 Å². The Morgan fingerprint density at radius 2 is 1.54 bits per heavy atom. The molecule has 2 aromatic heterocycles. The average molecular weight is 331 g/mol. The van der Waals surface area contributed by atoms with E-state index in [4.69, 9.17) is 0 Å². The van der Waals surface area contributed by atoms with Gasteiger partial charge in [0.2, 0.25) is 0 Å². The monoisotopic (exact) mass is 331 g/mol. The molecule has 0 amide bonds. The van der Waals surface area contributed by atoms with Gasteiger partial charge in [0.1, 0.15) is 5.03 Å². The summed E-state index contributed by atoms with van der Waals surface area (Å²) in [6.45, 7) is 0. The van der Waals surface area contributed by atoms with Gasteiger partial charge in [0.15, 0.2) is 5.65 Å². The van der Waals surface area contributed by atoms with Crippen molar-refractivity contribution in [1.29, 1.82) is 0 Å². The Morgan fingerprint density at radius 1 is 0.792 bits per heavy atom. The third kappa shape index (κ3) is 3.49. The summed E-state index contributed by atoms with van der Waals surface area (Å²) < 4.78 is 1.88. The molecule has 0 spiro atoms. The first-order chi connectivity index (χ1) is 11.9. The van der Waals surface area contributed by atoms with Gasteiger partial charge in [-0.25, -0.2) is 9.50 Å². The number of imidazole rings is 1. The van der Waals surface area contributed by atoms with Gasteiger partial charge in [-0.1, -0.05) is 60.3 Å². The lowest BCUT2D eigenvalue weighted by Crippen LogP contribution is -1.91. The third-order valence-electron chi connectivity index (χ3n) is 3.82. The minimum Gasteiger partial charge on any atom is -0.232 e.